The molecule has 1 fully saturated rings. The molecule has 0 bridgehead atoms. The Balaban J connectivity index is 2.04. The molecule has 1 saturated carbocycles. The highest BCUT2D eigenvalue weighted by Gasteiger charge is 2.19. The zero-order valence-electron chi connectivity index (χ0n) is 10.2. The largest absolute Gasteiger partial charge is 0.459 e. The van der Waals surface area contributed by atoms with Gasteiger partial charge in [-0.3, -0.25) is 0 Å². The van der Waals surface area contributed by atoms with Crippen molar-refractivity contribution in [2.45, 2.75) is 44.6 Å². The van der Waals surface area contributed by atoms with Crippen LogP contribution in [0.5, 0.6) is 0 Å². The molecule has 5 heteroatoms. The van der Waals surface area contributed by atoms with Crippen LogP contribution in [0.4, 0.5) is 5.82 Å². The van der Waals surface area contributed by atoms with Gasteiger partial charge in [-0.1, -0.05) is 12.8 Å². The number of rotatable bonds is 2. The van der Waals surface area contributed by atoms with Crippen LogP contribution in [0.15, 0.2) is 16.7 Å². The number of aromatic nitrogens is 1. The van der Waals surface area contributed by atoms with E-state index >= 15 is 0 Å². The van der Waals surface area contributed by atoms with E-state index < -0.39 is 0 Å². The fraction of sp³-hybridized carbons (Fsp3) is 0.538. The topological polar surface area (TPSA) is 65.2 Å². The first-order valence-electron chi connectivity index (χ1n) is 6.29. The molecule has 0 saturated heterocycles. The molecule has 1 aromatic heterocycles. The lowest BCUT2D eigenvalue weighted by Crippen LogP contribution is -2.18. The maximum absolute atomic E-state index is 12.1. The highest BCUT2D eigenvalue weighted by Crippen LogP contribution is 2.23. The molecule has 1 aromatic rings. The summed E-state index contributed by atoms with van der Waals surface area (Å²) in [5.41, 5.74) is 6.03. The van der Waals surface area contributed by atoms with Crippen LogP contribution < -0.4 is 5.73 Å². The van der Waals surface area contributed by atoms with Crippen LogP contribution in [0.3, 0.4) is 0 Å². The van der Waals surface area contributed by atoms with Crippen molar-refractivity contribution >= 4 is 27.7 Å². The first-order chi connectivity index (χ1) is 8.66. The Labute approximate surface area is 115 Å². The summed E-state index contributed by atoms with van der Waals surface area (Å²) in [6.45, 7) is 0. The second-order valence-corrected chi connectivity index (χ2v) is 5.46. The zero-order chi connectivity index (χ0) is 13.0. The van der Waals surface area contributed by atoms with Crippen LogP contribution in [-0.4, -0.2) is 17.1 Å². The normalized spacial score (nSPS) is 17.2. The summed E-state index contributed by atoms with van der Waals surface area (Å²) < 4.78 is 6.16. The maximum Gasteiger partial charge on any atom is 0.339 e. The van der Waals surface area contributed by atoms with Gasteiger partial charge in [0, 0.05) is 6.20 Å². The molecule has 1 heterocycles. The SMILES string of the molecule is Nc1cc(C(=O)OC2CCCCCC2)c(Br)cn1. The lowest BCUT2D eigenvalue weighted by molar-refractivity contribution is 0.0266. The van der Waals surface area contributed by atoms with Crippen molar-refractivity contribution in [3.8, 4) is 0 Å². The number of pyridine rings is 1. The lowest BCUT2D eigenvalue weighted by atomic mass is 10.1. The van der Waals surface area contributed by atoms with Crippen LogP contribution in [0, 0.1) is 0 Å². The van der Waals surface area contributed by atoms with Crippen LogP contribution in [0.1, 0.15) is 48.9 Å². The van der Waals surface area contributed by atoms with E-state index in [1.54, 1.807) is 6.07 Å². The van der Waals surface area contributed by atoms with Gasteiger partial charge in [0.25, 0.3) is 0 Å². The lowest BCUT2D eigenvalue weighted by Gasteiger charge is -2.15. The molecule has 0 spiro atoms. The van der Waals surface area contributed by atoms with Crippen molar-refractivity contribution < 1.29 is 9.53 Å². The summed E-state index contributed by atoms with van der Waals surface area (Å²) in [5, 5.41) is 0. The van der Waals surface area contributed by atoms with E-state index in [0.717, 1.165) is 25.7 Å². The number of nitrogens with zero attached hydrogens (tertiary/aromatic N) is 1. The second kappa shape index (κ2) is 6.18. The van der Waals surface area contributed by atoms with E-state index in [0.29, 0.717) is 15.9 Å². The van der Waals surface area contributed by atoms with E-state index in [2.05, 4.69) is 20.9 Å². The van der Waals surface area contributed by atoms with Crippen LogP contribution in [-0.2, 0) is 4.74 Å². The zero-order valence-corrected chi connectivity index (χ0v) is 11.8. The number of anilines is 1. The van der Waals surface area contributed by atoms with E-state index in [1.165, 1.54) is 19.0 Å². The molecule has 0 amide bonds. The Bertz CT molecular complexity index is 429. The molecule has 0 aromatic carbocycles. The van der Waals surface area contributed by atoms with Gasteiger partial charge in [0.05, 0.1) is 10.0 Å². The number of hydrogen-bond donors (Lipinski definition) is 1. The summed E-state index contributed by atoms with van der Waals surface area (Å²) in [4.78, 5) is 16.0. The van der Waals surface area contributed by atoms with Crippen LogP contribution in [0.2, 0.25) is 0 Å². The van der Waals surface area contributed by atoms with Gasteiger partial charge in [0.2, 0.25) is 0 Å². The smallest absolute Gasteiger partial charge is 0.339 e. The van der Waals surface area contributed by atoms with Gasteiger partial charge in [-0.15, -0.1) is 0 Å². The van der Waals surface area contributed by atoms with Gasteiger partial charge in [0.1, 0.15) is 11.9 Å². The van der Waals surface area contributed by atoms with Crippen molar-refractivity contribution in [2.24, 2.45) is 0 Å². The number of nitrogens with two attached hydrogens (primary N) is 1. The predicted molar refractivity (Wildman–Crippen MR) is 73.3 cm³/mol. The molecule has 1 aliphatic rings. The van der Waals surface area contributed by atoms with Gasteiger partial charge < -0.3 is 10.5 Å². The molecular weight excluding hydrogens is 296 g/mol. The van der Waals surface area contributed by atoms with Gasteiger partial charge in [-0.25, -0.2) is 9.78 Å². The Hall–Kier alpha value is -1.10. The third kappa shape index (κ3) is 3.45. The Morgan fingerprint density at radius 2 is 2.00 bits per heavy atom. The molecule has 2 rings (SSSR count). The maximum atomic E-state index is 12.1. The van der Waals surface area contributed by atoms with E-state index in [4.69, 9.17) is 10.5 Å². The molecule has 0 unspecified atom stereocenters. The second-order valence-electron chi connectivity index (χ2n) is 4.61. The van der Waals surface area contributed by atoms with E-state index in [1.807, 2.05) is 0 Å². The number of nitrogen functional groups attached to an aromatic ring is 1. The van der Waals surface area contributed by atoms with Crippen LogP contribution in [0.25, 0.3) is 0 Å². The Morgan fingerprint density at radius 3 is 2.67 bits per heavy atom. The van der Waals surface area contributed by atoms with Crippen molar-refractivity contribution in [1.29, 1.82) is 0 Å². The summed E-state index contributed by atoms with van der Waals surface area (Å²) in [6, 6.07) is 1.54. The molecule has 0 aliphatic heterocycles. The Kier molecular flexibility index (Phi) is 4.58. The molecule has 4 nitrogen and oxygen atoms in total. The quantitative estimate of drug-likeness (QED) is 0.672. The molecular formula is C13H17BrN2O2. The number of carbonyl (C=O) groups excluding carboxylic acids is 1. The Morgan fingerprint density at radius 1 is 1.33 bits per heavy atom. The standard InChI is InChI=1S/C13H17BrN2O2/c14-11-8-16-12(15)7-10(11)13(17)18-9-5-3-1-2-4-6-9/h7-9H,1-6H2,(H2,15,16). The first-order valence-corrected chi connectivity index (χ1v) is 7.08. The number of hydrogen-bond acceptors (Lipinski definition) is 4. The molecule has 18 heavy (non-hydrogen) atoms. The summed E-state index contributed by atoms with van der Waals surface area (Å²) in [7, 11) is 0. The molecule has 98 valence electrons. The van der Waals surface area contributed by atoms with Gasteiger partial charge in [0.15, 0.2) is 0 Å². The highest BCUT2D eigenvalue weighted by atomic mass is 79.9. The monoisotopic (exact) mass is 312 g/mol. The minimum Gasteiger partial charge on any atom is -0.459 e. The average molecular weight is 313 g/mol. The fourth-order valence-electron chi connectivity index (χ4n) is 2.19. The summed E-state index contributed by atoms with van der Waals surface area (Å²) in [5.74, 6) is 0.00823. The molecule has 0 radical (unpaired) electrons. The van der Waals surface area contributed by atoms with Crippen molar-refractivity contribution in [3.63, 3.8) is 0 Å². The van der Waals surface area contributed by atoms with E-state index in [9.17, 15) is 4.79 Å². The average Bonchev–Trinajstić information content (AvgIpc) is 2.61. The number of halogens is 1. The molecule has 2 N–H and O–H groups in total. The number of carbonyl (C=O) groups is 1. The van der Waals surface area contributed by atoms with Crippen molar-refractivity contribution in [3.05, 3.63) is 22.3 Å². The minimum atomic E-state index is -0.317. The van der Waals surface area contributed by atoms with Crippen LogP contribution >= 0.6 is 15.9 Å². The van der Waals surface area contributed by atoms with Crippen molar-refractivity contribution in [1.82, 2.24) is 4.98 Å². The molecule has 0 atom stereocenters. The fourth-order valence-corrected chi connectivity index (χ4v) is 2.56. The van der Waals surface area contributed by atoms with Gasteiger partial charge >= 0.3 is 5.97 Å². The summed E-state index contributed by atoms with van der Waals surface area (Å²) in [6.07, 6.45) is 8.24. The van der Waals surface area contributed by atoms with Gasteiger partial charge in [-0.2, -0.15) is 0 Å². The minimum absolute atomic E-state index is 0.0429. The number of esters is 1. The van der Waals surface area contributed by atoms with E-state index in [-0.39, 0.29) is 12.1 Å². The van der Waals surface area contributed by atoms with Crippen molar-refractivity contribution in [2.75, 3.05) is 5.73 Å². The summed E-state index contributed by atoms with van der Waals surface area (Å²) >= 11 is 3.29. The highest BCUT2D eigenvalue weighted by molar-refractivity contribution is 9.10. The molecule has 1 aliphatic carbocycles. The third-order valence-corrected chi connectivity index (χ3v) is 3.80. The predicted octanol–water partition coefficient (Wildman–Crippen LogP) is 3.31. The third-order valence-electron chi connectivity index (χ3n) is 3.17. The van der Waals surface area contributed by atoms with Gasteiger partial charge in [-0.05, 0) is 47.7 Å². The first kappa shape index (κ1) is 13.3. The number of ether oxygens (including phenoxy) is 1.